The van der Waals surface area contributed by atoms with Crippen LogP contribution in [0.1, 0.15) is 0 Å². The highest BCUT2D eigenvalue weighted by Crippen LogP contribution is 2.32. The van der Waals surface area contributed by atoms with Crippen molar-refractivity contribution in [3.05, 3.63) is 6.54 Å². The lowest BCUT2D eigenvalue weighted by atomic mass is 10.3. The molecule has 8 heteroatoms. The average Bonchev–Trinajstić information content (AvgIpc) is 2.28. The second kappa shape index (κ2) is 2.78. The van der Waals surface area contributed by atoms with E-state index in [1.165, 1.54) is 0 Å². The Bertz CT molecular complexity index is 194. The molecule has 0 N–H and O–H groups in total. The lowest BCUT2D eigenvalue weighted by Crippen LogP contribution is -2.36. The fourth-order valence-corrected chi connectivity index (χ4v) is 0.572. The van der Waals surface area contributed by atoms with Crippen LogP contribution in [0.5, 0.6) is 0 Å². The van der Waals surface area contributed by atoms with Crippen LogP contribution in [0.15, 0.2) is 4.99 Å². The Balaban J connectivity index is 2.63. The van der Waals surface area contributed by atoms with Crippen LogP contribution in [0, 0.1) is 6.54 Å². The maximum atomic E-state index is 11.7. The lowest BCUT2D eigenvalue weighted by molar-refractivity contribution is -0.210. The molecule has 0 bridgehead atoms. The molecule has 73 valence electrons. The minimum absolute atomic E-state index is 0.773. The van der Waals surface area contributed by atoms with E-state index in [1.54, 1.807) is 0 Å². The van der Waals surface area contributed by atoms with Crippen molar-refractivity contribution in [3.63, 3.8) is 0 Å². The predicted octanol–water partition coefficient (Wildman–Crippen LogP) is 1.70. The van der Waals surface area contributed by atoms with Gasteiger partial charge in [0.2, 0.25) is 0 Å². The summed E-state index contributed by atoms with van der Waals surface area (Å²) in [6, 6.07) is -2.57. The summed E-state index contributed by atoms with van der Waals surface area (Å²) in [7, 11) is 0. The normalized spacial score (nSPS) is 24.2. The minimum Gasteiger partial charge on any atom is -0.251 e. The summed E-state index contributed by atoms with van der Waals surface area (Å²) in [5.41, 5.74) is 0. The van der Waals surface area contributed by atoms with Gasteiger partial charge in [0.25, 0.3) is 0 Å². The Morgan fingerprint density at radius 3 is 1.85 bits per heavy atom. The summed E-state index contributed by atoms with van der Waals surface area (Å²) in [6.07, 6.45) is -8.65. The van der Waals surface area contributed by atoms with Gasteiger partial charge in [0.05, 0.1) is 0 Å². The second-order valence-electron chi connectivity index (χ2n) is 2.11. The minimum atomic E-state index is -4.95. The van der Waals surface area contributed by atoms with Gasteiger partial charge in [-0.3, -0.25) is 4.90 Å². The van der Waals surface area contributed by atoms with Crippen LogP contribution in [0.2, 0.25) is 0 Å². The third-order valence-electron chi connectivity index (χ3n) is 1.10. The largest absolute Gasteiger partial charge is 0.486 e. The molecule has 3 radical (unpaired) electrons. The average molecular weight is 203 g/mol. The number of nitrogens with zero attached hydrogens (tertiary/aromatic N) is 2. The number of halogens is 6. The van der Waals surface area contributed by atoms with E-state index in [0.29, 0.717) is 0 Å². The van der Waals surface area contributed by atoms with E-state index in [9.17, 15) is 26.3 Å². The molecule has 13 heavy (non-hydrogen) atoms. The quantitative estimate of drug-likeness (QED) is 0.432. The van der Waals surface area contributed by atoms with Crippen molar-refractivity contribution >= 4 is 6.34 Å². The van der Waals surface area contributed by atoms with Crippen molar-refractivity contribution in [2.45, 2.75) is 18.5 Å². The highest BCUT2D eigenvalue weighted by molar-refractivity contribution is 5.60. The van der Waals surface area contributed by atoms with Crippen LogP contribution in [-0.2, 0) is 0 Å². The molecule has 0 saturated heterocycles. The van der Waals surface area contributed by atoms with Gasteiger partial charge in [-0.1, -0.05) is 0 Å². The highest BCUT2D eigenvalue weighted by atomic mass is 19.4. The first kappa shape index (κ1) is 10.1. The van der Waals surface area contributed by atoms with Gasteiger partial charge in [-0.25, -0.2) is 4.99 Å². The molecular formula is C5HF6N2. The van der Waals surface area contributed by atoms with Crippen molar-refractivity contribution in [1.82, 2.24) is 4.90 Å². The zero-order valence-corrected chi connectivity index (χ0v) is 5.74. The zero-order valence-electron chi connectivity index (χ0n) is 5.74. The molecule has 2 nitrogen and oxygen atoms in total. The summed E-state index contributed by atoms with van der Waals surface area (Å²) in [4.78, 5) is 1.70. The molecule has 0 aromatic rings. The van der Waals surface area contributed by atoms with E-state index in [4.69, 9.17) is 0 Å². The monoisotopic (exact) mass is 203 g/mol. The maximum absolute atomic E-state index is 11.7. The second-order valence-corrected chi connectivity index (χ2v) is 2.11. The smallest absolute Gasteiger partial charge is 0.251 e. The van der Waals surface area contributed by atoms with E-state index in [1.807, 2.05) is 0 Å². The first-order chi connectivity index (χ1) is 5.71. The number of alkyl halides is 6. The molecule has 0 aliphatic carbocycles. The Labute approximate surface area is 68.8 Å². The molecule has 0 amide bonds. The van der Waals surface area contributed by atoms with Crippen LogP contribution < -0.4 is 0 Å². The van der Waals surface area contributed by atoms with Crippen LogP contribution in [0.3, 0.4) is 0 Å². The zero-order chi connectivity index (χ0) is 10.3. The summed E-state index contributed by atoms with van der Waals surface area (Å²) in [5.74, 6) is 0. The van der Waals surface area contributed by atoms with E-state index >= 15 is 0 Å². The molecule has 1 unspecified atom stereocenters. The van der Waals surface area contributed by atoms with Gasteiger partial charge in [-0.2, -0.15) is 13.2 Å². The summed E-state index contributed by atoms with van der Waals surface area (Å²) in [6.45, 7) is 1.08. The number of aliphatic imine (C=N–C) groups is 1. The highest BCUT2D eigenvalue weighted by Gasteiger charge is 2.50. The lowest BCUT2D eigenvalue weighted by Gasteiger charge is -2.17. The predicted molar refractivity (Wildman–Crippen MR) is 28.4 cm³/mol. The molecule has 0 aromatic carbocycles. The summed E-state index contributed by atoms with van der Waals surface area (Å²) >= 11 is 0. The van der Waals surface area contributed by atoms with Gasteiger partial charge < -0.3 is 0 Å². The van der Waals surface area contributed by atoms with Gasteiger partial charge in [-0.05, 0) is 0 Å². The van der Waals surface area contributed by atoms with Crippen molar-refractivity contribution in [2.75, 3.05) is 0 Å². The van der Waals surface area contributed by atoms with Gasteiger partial charge in [0.15, 0.2) is 12.4 Å². The van der Waals surface area contributed by atoms with Gasteiger partial charge in [0, 0.05) is 0 Å². The first-order valence-corrected chi connectivity index (χ1v) is 2.86. The van der Waals surface area contributed by atoms with Gasteiger partial charge >= 0.3 is 12.5 Å². The fourth-order valence-electron chi connectivity index (χ4n) is 0.572. The molecule has 1 rings (SSSR count). The Hall–Kier alpha value is -0.950. The Morgan fingerprint density at radius 2 is 1.62 bits per heavy atom. The third-order valence-corrected chi connectivity index (χ3v) is 1.10. The van der Waals surface area contributed by atoms with Crippen LogP contribution in [0.4, 0.5) is 26.3 Å². The van der Waals surface area contributed by atoms with Crippen LogP contribution >= 0.6 is 0 Å². The molecule has 0 aromatic heterocycles. The Kier molecular flexibility index (Phi) is 2.16. The fraction of sp³-hybridized carbons (Fsp3) is 0.600. The third kappa shape index (κ3) is 2.25. The molecule has 1 aliphatic rings. The van der Waals surface area contributed by atoms with Crippen molar-refractivity contribution in [2.24, 2.45) is 4.99 Å². The molecule has 1 atom stereocenters. The van der Waals surface area contributed by atoms with E-state index in [-0.39, 0.29) is 0 Å². The first-order valence-electron chi connectivity index (χ1n) is 2.86. The SMILES string of the molecule is FC(F)(F)C1[C]N(C(F)(F)F)[C]=N1. The molecule has 1 heterocycles. The van der Waals surface area contributed by atoms with E-state index in [0.717, 1.165) is 12.9 Å². The van der Waals surface area contributed by atoms with Gasteiger partial charge in [-0.15, -0.1) is 13.2 Å². The van der Waals surface area contributed by atoms with E-state index < -0.39 is 23.4 Å². The summed E-state index contributed by atoms with van der Waals surface area (Å²) < 4.78 is 70.3. The van der Waals surface area contributed by atoms with Crippen molar-refractivity contribution in [1.29, 1.82) is 0 Å². The molecule has 0 fully saturated rings. The Morgan fingerprint density at radius 1 is 1.08 bits per heavy atom. The van der Waals surface area contributed by atoms with Crippen LogP contribution in [-0.4, -0.2) is 29.8 Å². The van der Waals surface area contributed by atoms with Crippen LogP contribution in [0.25, 0.3) is 0 Å². The number of hydrogen-bond acceptors (Lipinski definition) is 2. The maximum Gasteiger partial charge on any atom is 0.486 e. The topological polar surface area (TPSA) is 15.6 Å². The molecule has 1 aliphatic heterocycles. The van der Waals surface area contributed by atoms with Crippen molar-refractivity contribution < 1.29 is 26.3 Å². The number of rotatable bonds is 0. The molecule has 0 saturated carbocycles. The summed E-state index contributed by atoms with van der Waals surface area (Å²) in [5, 5.41) is 0. The standard InChI is InChI=1S/C5HF6N2/c6-4(7,8)3-1-13(2-12-3)5(9,10)11/h3H. The number of hydrogen-bond donors (Lipinski definition) is 0. The van der Waals surface area contributed by atoms with E-state index in [2.05, 4.69) is 4.99 Å². The van der Waals surface area contributed by atoms with Gasteiger partial charge in [0.1, 0.15) is 6.54 Å². The molecular weight excluding hydrogens is 202 g/mol. The van der Waals surface area contributed by atoms with Crippen molar-refractivity contribution in [3.8, 4) is 0 Å². The molecule has 0 spiro atoms.